The molecule has 0 aliphatic heterocycles. The third-order valence-electron chi connectivity index (χ3n) is 1.52. The predicted molar refractivity (Wildman–Crippen MR) is 75.4 cm³/mol. The summed E-state index contributed by atoms with van der Waals surface area (Å²) in [5.74, 6) is 4.90. The van der Waals surface area contributed by atoms with Crippen LogP contribution in [0.25, 0.3) is 0 Å². The Kier molecular flexibility index (Phi) is 15.0. The van der Waals surface area contributed by atoms with Crippen molar-refractivity contribution in [3.63, 3.8) is 0 Å². The van der Waals surface area contributed by atoms with Crippen LogP contribution in [-0.4, -0.2) is 49.0 Å². The Hall–Kier alpha value is -1.78. The van der Waals surface area contributed by atoms with Gasteiger partial charge in [-0.3, -0.25) is 0 Å². The summed E-state index contributed by atoms with van der Waals surface area (Å²) in [6, 6.07) is 0. The summed E-state index contributed by atoms with van der Waals surface area (Å²) in [6.45, 7) is 7.62. The Morgan fingerprint density at radius 2 is 1.19 bits per heavy atom. The average Bonchev–Trinajstić information content (AvgIpc) is 2.41. The van der Waals surface area contributed by atoms with Crippen LogP contribution in [0.15, 0.2) is 0 Å². The first-order chi connectivity index (χ1) is 9.83. The molecule has 21 heavy (non-hydrogen) atoms. The standard InChI is InChI=1S/C10H18O5.C4H6O2/c1-7(2)5-13-9(11)15-10(12)14-6-8(3)4;5-3-1-2-4-6/h7-8H,5-6H2,1-4H3;5-6H,3-4H2. The molecule has 0 rings (SSSR count). The lowest BCUT2D eigenvalue weighted by atomic mass is 10.2. The molecule has 0 fully saturated rings. The zero-order chi connectivity index (χ0) is 16.7. The Bertz CT molecular complexity index is 309. The highest BCUT2D eigenvalue weighted by Crippen LogP contribution is 1.98. The van der Waals surface area contributed by atoms with E-state index in [0.717, 1.165) is 0 Å². The molecule has 0 heterocycles. The van der Waals surface area contributed by atoms with Crippen molar-refractivity contribution in [2.45, 2.75) is 27.7 Å². The molecule has 0 amide bonds. The molecule has 2 N–H and O–H groups in total. The minimum absolute atomic E-state index is 0.166. The number of aliphatic hydroxyl groups excluding tert-OH is 2. The van der Waals surface area contributed by atoms with Gasteiger partial charge in [0.25, 0.3) is 0 Å². The van der Waals surface area contributed by atoms with Crippen LogP contribution in [-0.2, 0) is 14.2 Å². The van der Waals surface area contributed by atoms with Crippen LogP contribution >= 0.6 is 0 Å². The predicted octanol–water partition coefficient (Wildman–Crippen LogP) is 1.56. The molecule has 0 aromatic rings. The van der Waals surface area contributed by atoms with Gasteiger partial charge in [0.1, 0.15) is 13.2 Å². The second-order valence-corrected chi connectivity index (χ2v) is 4.68. The fourth-order valence-corrected chi connectivity index (χ4v) is 0.708. The molecule has 0 atom stereocenters. The van der Waals surface area contributed by atoms with Crippen LogP contribution in [0.5, 0.6) is 0 Å². The smallest absolute Gasteiger partial charge is 0.434 e. The summed E-state index contributed by atoms with van der Waals surface area (Å²) >= 11 is 0. The highest BCUT2D eigenvalue weighted by molar-refractivity contribution is 5.76. The second-order valence-electron chi connectivity index (χ2n) is 4.68. The van der Waals surface area contributed by atoms with E-state index in [-0.39, 0.29) is 38.3 Å². The largest absolute Gasteiger partial charge is 0.518 e. The number of carbonyl (C=O) groups excluding carboxylic acids is 2. The van der Waals surface area contributed by atoms with Gasteiger partial charge in [-0.25, -0.2) is 9.59 Å². The van der Waals surface area contributed by atoms with Crippen LogP contribution in [0.1, 0.15) is 27.7 Å². The monoisotopic (exact) mass is 304 g/mol. The van der Waals surface area contributed by atoms with Gasteiger partial charge >= 0.3 is 12.3 Å². The topological polar surface area (TPSA) is 102 Å². The third kappa shape index (κ3) is 20.7. The molecule has 0 bridgehead atoms. The molecule has 0 aliphatic carbocycles. The lowest BCUT2D eigenvalue weighted by Gasteiger charge is -2.08. The van der Waals surface area contributed by atoms with Crippen molar-refractivity contribution in [2.24, 2.45) is 11.8 Å². The maximum atomic E-state index is 10.9. The number of rotatable bonds is 4. The summed E-state index contributed by atoms with van der Waals surface area (Å²) in [5, 5.41) is 15.8. The number of carbonyl (C=O) groups is 2. The molecule has 0 saturated heterocycles. The Morgan fingerprint density at radius 3 is 1.43 bits per heavy atom. The normalized spacial score (nSPS) is 9.14. The van der Waals surface area contributed by atoms with E-state index in [1.54, 1.807) is 0 Å². The Balaban J connectivity index is 0. The fraction of sp³-hybridized carbons (Fsp3) is 0.714. The second kappa shape index (κ2) is 14.6. The third-order valence-corrected chi connectivity index (χ3v) is 1.52. The molecule has 7 nitrogen and oxygen atoms in total. The van der Waals surface area contributed by atoms with Crippen molar-refractivity contribution in [3.05, 3.63) is 0 Å². The summed E-state index contributed by atoms with van der Waals surface area (Å²) in [7, 11) is 0. The van der Waals surface area contributed by atoms with Gasteiger partial charge in [0.05, 0.1) is 13.2 Å². The van der Waals surface area contributed by atoms with Gasteiger partial charge < -0.3 is 24.4 Å². The molecule has 0 aliphatic rings. The molecule has 0 aromatic heterocycles. The maximum absolute atomic E-state index is 10.9. The van der Waals surface area contributed by atoms with Crippen molar-refractivity contribution in [2.75, 3.05) is 26.4 Å². The minimum atomic E-state index is -1.02. The van der Waals surface area contributed by atoms with E-state index in [0.29, 0.717) is 0 Å². The fourth-order valence-electron chi connectivity index (χ4n) is 0.708. The van der Waals surface area contributed by atoms with Gasteiger partial charge in [0, 0.05) is 0 Å². The molecule has 7 heteroatoms. The summed E-state index contributed by atoms with van der Waals surface area (Å²) in [5.41, 5.74) is 0. The molecule has 0 radical (unpaired) electrons. The lowest BCUT2D eigenvalue weighted by molar-refractivity contribution is 0.0281. The van der Waals surface area contributed by atoms with Crippen LogP contribution in [0.2, 0.25) is 0 Å². The van der Waals surface area contributed by atoms with Crippen LogP contribution in [0, 0.1) is 23.7 Å². The van der Waals surface area contributed by atoms with Crippen molar-refractivity contribution in [3.8, 4) is 11.8 Å². The van der Waals surface area contributed by atoms with Gasteiger partial charge in [-0.1, -0.05) is 39.5 Å². The first-order valence-electron chi connectivity index (χ1n) is 6.52. The highest BCUT2D eigenvalue weighted by atomic mass is 16.8. The van der Waals surface area contributed by atoms with E-state index in [1.165, 1.54) is 0 Å². The summed E-state index contributed by atoms with van der Waals surface area (Å²) in [6.07, 6.45) is -2.03. The molecule has 122 valence electrons. The average molecular weight is 304 g/mol. The van der Waals surface area contributed by atoms with Crippen LogP contribution in [0.3, 0.4) is 0 Å². The van der Waals surface area contributed by atoms with Crippen molar-refractivity contribution < 1.29 is 34.0 Å². The van der Waals surface area contributed by atoms with Crippen LogP contribution < -0.4 is 0 Å². The molecule has 0 aromatic carbocycles. The molecule has 0 spiro atoms. The van der Waals surface area contributed by atoms with Crippen molar-refractivity contribution in [1.29, 1.82) is 0 Å². The molecule has 0 saturated carbocycles. The summed E-state index contributed by atoms with van der Waals surface area (Å²) in [4.78, 5) is 21.7. The highest BCUT2D eigenvalue weighted by Gasteiger charge is 2.13. The first kappa shape index (κ1) is 21.5. The van der Waals surface area contributed by atoms with E-state index in [2.05, 4.69) is 26.1 Å². The van der Waals surface area contributed by atoms with E-state index in [4.69, 9.17) is 10.2 Å². The first-order valence-corrected chi connectivity index (χ1v) is 6.52. The van der Waals surface area contributed by atoms with Gasteiger partial charge in [0.15, 0.2) is 0 Å². The number of aliphatic hydroxyl groups is 2. The van der Waals surface area contributed by atoms with Gasteiger partial charge in [-0.15, -0.1) is 0 Å². The van der Waals surface area contributed by atoms with Gasteiger partial charge in [-0.05, 0) is 11.8 Å². The zero-order valence-corrected chi connectivity index (χ0v) is 12.9. The number of hydrogen-bond acceptors (Lipinski definition) is 7. The molecule has 0 unspecified atom stereocenters. The minimum Gasteiger partial charge on any atom is -0.434 e. The van der Waals surface area contributed by atoms with Crippen LogP contribution in [0.4, 0.5) is 9.59 Å². The van der Waals surface area contributed by atoms with Gasteiger partial charge in [-0.2, -0.15) is 0 Å². The van der Waals surface area contributed by atoms with E-state index in [1.807, 2.05) is 27.7 Å². The Labute approximate surface area is 125 Å². The van der Waals surface area contributed by atoms with E-state index in [9.17, 15) is 9.59 Å². The van der Waals surface area contributed by atoms with E-state index < -0.39 is 12.3 Å². The number of hydrogen-bond donors (Lipinski definition) is 2. The lowest BCUT2D eigenvalue weighted by Crippen LogP contribution is -2.18. The van der Waals surface area contributed by atoms with Crippen molar-refractivity contribution >= 4 is 12.3 Å². The SMILES string of the molecule is CC(C)COC(=O)OC(=O)OCC(C)C.OCC#CCO. The van der Waals surface area contributed by atoms with Gasteiger partial charge in [0.2, 0.25) is 0 Å². The molecular formula is C14H24O7. The number of ether oxygens (including phenoxy) is 3. The van der Waals surface area contributed by atoms with Crippen molar-refractivity contribution in [1.82, 2.24) is 0 Å². The maximum Gasteiger partial charge on any atom is 0.518 e. The Morgan fingerprint density at radius 1 is 0.857 bits per heavy atom. The summed E-state index contributed by atoms with van der Waals surface area (Å²) < 4.78 is 13.5. The molecular weight excluding hydrogens is 280 g/mol. The quantitative estimate of drug-likeness (QED) is 0.461. The van der Waals surface area contributed by atoms with E-state index >= 15 is 0 Å². The zero-order valence-electron chi connectivity index (χ0n) is 12.9.